The predicted molar refractivity (Wildman–Crippen MR) is 107 cm³/mol. The molecular weight excluding hydrogens is 338 g/mol. The van der Waals surface area contributed by atoms with Crippen LogP contribution in [0.15, 0.2) is 47.3 Å². The molecule has 0 saturated carbocycles. The van der Waals surface area contributed by atoms with Gasteiger partial charge in [-0.2, -0.15) is 0 Å². The number of hydrogen-bond donors (Lipinski definition) is 0. The van der Waals surface area contributed by atoms with E-state index in [-0.39, 0.29) is 11.5 Å². The van der Waals surface area contributed by atoms with Crippen molar-refractivity contribution in [3.8, 4) is 0 Å². The maximum atomic E-state index is 13.0. The molecule has 4 rings (SSSR count). The molecule has 0 atom stereocenters. The van der Waals surface area contributed by atoms with Crippen molar-refractivity contribution in [2.45, 2.75) is 39.2 Å². The fraction of sp³-hybridized carbons (Fsp3) is 0.318. The Morgan fingerprint density at radius 3 is 2.81 bits per heavy atom. The zero-order chi connectivity index (χ0) is 19.0. The zero-order valence-corrected chi connectivity index (χ0v) is 15.7. The molecule has 0 bridgehead atoms. The third-order valence-electron chi connectivity index (χ3n) is 5.35. The number of nitrogens with zero attached hydrogens (tertiary/aromatic N) is 3. The van der Waals surface area contributed by atoms with Crippen molar-refractivity contribution in [1.82, 2.24) is 9.55 Å². The number of aromatic nitrogens is 2. The number of hydrogen-bond acceptors (Lipinski definition) is 3. The summed E-state index contributed by atoms with van der Waals surface area (Å²) in [5.74, 6) is 0.727. The van der Waals surface area contributed by atoms with Crippen LogP contribution in [0.5, 0.6) is 0 Å². The summed E-state index contributed by atoms with van der Waals surface area (Å²) in [6.45, 7) is 2.81. The molecule has 1 aromatic heterocycles. The number of carbonyl (C=O) groups excluding carboxylic acids is 1. The highest BCUT2D eigenvalue weighted by atomic mass is 16.2. The molecule has 0 unspecified atom stereocenters. The molecule has 27 heavy (non-hydrogen) atoms. The van der Waals surface area contributed by atoms with E-state index in [2.05, 4.69) is 11.9 Å². The van der Waals surface area contributed by atoms with E-state index in [1.165, 1.54) is 0 Å². The summed E-state index contributed by atoms with van der Waals surface area (Å²) in [5.41, 5.74) is 3.18. The average molecular weight is 361 g/mol. The first-order chi connectivity index (χ1) is 13.1. The number of amides is 1. The molecule has 0 radical (unpaired) electrons. The highest BCUT2D eigenvalue weighted by molar-refractivity contribution is 6.07. The standard InChI is InChI=1S/C22H23N3O2/c1-3-15-8-4-5-9-19(15)24(2)21(26)16-11-12-17-18(14-16)23-20-10-6-7-13-25(20)22(17)27/h4-5,8-9,11-12,14H,3,6-7,10,13H2,1-2H3. The maximum absolute atomic E-state index is 13.0. The minimum Gasteiger partial charge on any atom is -0.311 e. The molecule has 0 aliphatic carbocycles. The largest absolute Gasteiger partial charge is 0.311 e. The van der Waals surface area contributed by atoms with E-state index in [4.69, 9.17) is 0 Å². The van der Waals surface area contributed by atoms with Gasteiger partial charge in [0, 0.05) is 31.3 Å². The molecule has 5 heteroatoms. The lowest BCUT2D eigenvalue weighted by atomic mass is 10.1. The van der Waals surface area contributed by atoms with Gasteiger partial charge in [0.2, 0.25) is 0 Å². The van der Waals surface area contributed by atoms with E-state index in [0.717, 1.165) is 49.3 Å². The van der Waals surface area contributed by atoms with Crippen LogP contribution in [0.4, 0.5) is 5.69 Å². The molecule has 3 aromatic rings. The Hall–Kier alpha value is -2.95. The lowest BCUT2D eigenvalue weighted by Gasteiger charge is -2.21. The second-order valence-corrected chi connectivity index (χ2v) is 7.02. The molecule has 5 nitrogen and oxygen atoms in total. The summed E-state index contributed by atoms with van der Waals surface area (Å²) in [6.07, 6.45) is 3.73. The SMILES string of the molecule is CCc1ccccc1N(C)C(=O)c1ccc2c(=O)n3c(nc2c1)CCCC3. The van der Waals surface area contributed by atoms with E-state index in [1.54, 1.807) is 34.7 Å². The number of aryl methyl sites for hydroxylation is 2. The van der Waals surface area contributed by atoms with Crippen LogP contribution in [0.3, 0.4) is 0 Å². The van der Waals surface area contributed by atoms with Gasteiger partial charge >= 0.3 is 0 Å². The fourth-order valence-corrected chi connectivity index (χ4v) is 3.81. The molecule has 1 aliphatic heterocycles. The molecule has 0 fully saturated rings. The predicted octanol–water partition coefficient (Wildman–Crippen LogP) is 3.57. The van der Waals surface area contributed by atoms with Gasteiger partial charge in [0.15, 0.2) is 0 Å². The van der Waals surface area contributed by atoms with Gasteiger partial charge in [0.25, 0.3) is 11.5 Å². The number of anilines is 1. The van der Waals surface area contributed by atoms with Gasteiger partial charge in [-0.3, -0.25) is 14.2 Å². The first-order valence-corrected chi connectivity index (χ1v) is 9.49. The Kier molecular flexibility index (Phi) is 4.52. The van der Waals surface area contributed by atoms with Gasteiger partial charge in [-0.25, -0.2) is 4.98 Å². The van der Waals surface area contributed by atoms with Gasteiger partial charge < -0.3 is 4.90 Å². The van der Waals surface area contributed by atoms with E-state index in [1.807, 2.05) is 24.3 Å². The molecule has 0 N–H and O–H groups in total. The Labute approximate surface area is 158 Å². The van der Waals surface area contributed by atoms with Gasteiger partial charge in [-0.15, -0.1) is 0 Å². The Morgan fingerprint density at radius 2 is 2.00 bits per heavy atom. The van der Waals surface area contributed by atoms with E-state index in [0.29, 0.717) is 16.5 Å². The summed E-state index contributed by atoms with van der Waals surface area (Å²) >= 11 is 0. The Morgan fingerprint density at radius 1 is 1.19 bits per heavy atom. The molecular formula is C22H23N3O2. The van der Waals surface area contributed by atoms with E-state index >= 15 is 0 Å². The van der Waals surface area contributed by atoms with Crippen LogP contribution >= 0.6 is 0 Å². The van der Waals surface area contributed by atoms with Crippen LogP contribution in [0.25, 0.3) is 10.9 Å². The van der Waals surface area contributed by atoms with Crippen molar-refractivity contribution in [3.63, 3.8) is 0 Å². The smallest absolute Gasteiger partial charge is 0.261 e. The average Bonchev–Trinajstić information content (AvgIpc) is 2.72. The maximum Gasteiger partial charge on any atom is 0.261 e. The Balaban J connectivity index is 1.75. The quantitative estimate of drug-likeness (QED) is 0.717. The first kappa shape index (κ1) is 17.5. The van der Waals surface area contributed by atoms with Crippen molar-refractivity contribution in [1.29, 1.82) is 0 Å². The van der Waals surface area contributed by atoms with Crippen LogP contribution in [-0.4, -0.2) is 22.5 Å². The fourth-order valence-electron chi connectivity index (χ4n) is 3.81. The minimum absolute atomic E-state index is 0.00150. The molecule has 0 spiro atoms. The van der Waals surface area contributed by atoms with Gasteiger partial charge in [0.05, 0.1) is 10.9 Å². The van der Waals surface area contributed by atoms with Gasteiger partial charge in [0.1, 0.15) is 5.82 Å². The number of benzene rings is 2. The Bertz CT molecular complexity index is 1080. The third-order valence-corrected chi connectivity index (χ3v) is 5.35. The summed E-state index contributed by atoms with van der Waals surface area (Å²) in [6, 6.07) is 13.1. The number of fused-ring (bicyclic) bond motifs is 2. The van der Waals surface area contributed by atoms with Crippen LogP contribution in [-0.2, 0) is 19.4 Å². The lowest BCUT2D eigenvalue weighted by molar-refractivity contribution is 0.0993. The highest BCUT2D eigenvalue weighted by Crippen LogP contribution is 2.23. The molecule has 1 aliphatic rings. The van der Waals surface area contributed by atoms with Crippen LogP contribution in [0.1, 0.15) is 41.5 Å². The van der Waals surface area contributed by atoms with Gasteiger partial charge in [-0.05, 0) is 49.1 Å². The van der Waals surface area contributed by atoms with Crippen LogP contribution in [0.2, 0.25) is 0 Å². The van der Waals surface area contributed by atoms with Gasteiger partial charge in [-0.1, -0.05) is 25.1 Å². The second-order valence-electron chi connectivity index (χ2n) is 7.02. The number of para-hydroxylation sites is 1. The van der Waals surface area contributed by atoms with Crippen molar-refractivity contribution >= 4 is 22.5 Å². The summed E-state index contributed by atoms with van der Waals surface area (Å²) < 4.78 is 1.77. The molecule has 2 heterocycles. The van der Waals surface area contributed by atoms with Crippen molar-refractivity contribution < 1.29 is 4.79 Å². The first-order valence-electron chi connectivity index (χ1n) is 9.49. The summed E-state index contributed by atoms with van der Waals surface area (Å²) in [5, 5.41) is 0.578. The molecule has 2 aromatic carbocycles. The van der Waals surface area contributed by atoms with Crippen molar-refractivity contribution in [2.24, 2.45) is 0 Å². The molecule has 138 valence electrons. The number of carbonyl (C=O) groups is 1. The summed E-state index contributed by atoms with van der Waals surface area (Å²) in [4.78, 5) is 32.1. The number of rotatable bonds is 3. The second kappa shape index (κ2) is 6.99. The van der Waals surface area contributed by atoms with E-state index < -0.39 is 0 Å². The van der Waals surface area contributed by atoms with Crippen molar-refractivity contribution in [3.05, 3.63) is 69.8 Å². The van der Waals surface area contributed by atoms with Crippen LogP contribution in [0, 0.1) is 0 Å². The minimum atomic E-state index is -0.0996. The van der Waals surface area contributed by atoms with Crippen molar-refractivity contribution in [2.75, 3.05) is 11.9 Å². The topological polar surface area (TPSA) is 55.2 Å². The monoisotopic (exact) mass is 361 g/mol. The highest BCUT2D eigenvalue weighted by Gasteiger charge is 2.19. The van der Waals surface area contributed by atoms with Crippen LogP contribution < -0.4 is 10.5 Å². The normalized spacial score (nSPS) is 13.4. The summed E-state index contributed by atoms with van der Waals surface area (Å²) in [7, 11) is 1.79. The third kappa shape index (κ3) is 3.03. The lowest BCUT2D eigenvalue weighted by Crippen LogP contribution is -2.29. The molecule has 0 saturated heterocycles. The zero-order valence-electron chi connectivity index (χ0n) is 15.7. The molecule has 1 amide bonds. The van der Waals surface area contributed by atoms with E-state index in [9.17, 15) is 9.59 Å².